The van der Waals surface area contributed by atoms with E-state index in [1.54, 1.807) is 4.90 Å². The molecular weight excluding hydrogens is 254 g/mol. The summed E-state index contributed by atoms with van der Waals surface area (Å²) in [6.07, 6.45) is 8.37. The van der Waals surface area contributed by atoms with Crippen molar-refractivity contribution in [2.75, 3.05) is 19.7 Å². The Labute approximate surface area is 123 Å². The number of amides is 1. The van der Waals surface area contributed by atoms with Crippen LogP contribution in [0.3, 0.4) is 0 Å². The van der Waals surface area contributed by atoms with Crippen molar-refractivity contribution < 1.29 is 14.3 Å². The molecule has 0 radical (unpaired) electrons. The second-order valence-corrected chi connectivity index (χ2v) is 6.26. The minimum Gasteiger partial charge on any atom is -0.444 e. The van der Waals surface area contributed by atoms with E-state index < -0.39 is 5.60 Å². The van der Waals surface area contributed by atoms with E-state index in [1.807, 2.05) is 20.8 Å². The van der Waals surface area contributed by atoms with Gasteiger partial charge in [0.1, 0.15) is 5.60 Å². The third-order valence-electron chi connectivity index (χ3n) is 3.14. The van der Waals surface area contributed by atoms with Crippen molar-refractivity contribution in [1.82, 2.24) is 4.90 Å². The molecule has 1 fully saturated rings. The molecule has 0 aromatic carbocycles. The van der Waals surface area contributed by atoms with Crippen LogP contribution in [0.5, 0.6) is 0 Å². The molecule has 0 bridgehead atoms. The highest BCUT2D eigenvalue weighted by Gasteiger charge is 2.26. The van der Waals surface area contributed by atoms with Gasteiger partial charge in [0, 0.05) is 13.1 Å². The van der Waals surface area contributed by atoms with E-state index >= 15 is 0 Å². The van der Waals surface area contributed by atoms with Crippen LogP contribution in [0.4, 0.5) is 4.79 Å². The van der Waals surface area contributed by atoms with Crippen molar-refractivity contribution >= 4 is 6.09 Å². The normalized spacial score (nSPS) is 17.7. The Morgan fingerprint density at radius 3 is 2.45 bits per heavy atom. The Kier molecular flexibility index (Phi) is 7.06. The SMILES string of the molecule is CCC/C=C/COC1CCN(C(=O)OC(C)(C)C)CC1. The maximum atomic E-state index is 11.9. The second-order valence-electron chi connectivity index (χ2n) is 6.26. The molecule has 4 heteroatoms. The number of likely N-dealkylation sites (tertiary alicyclic amines) is 1. The molecule has 1 heterocycles. The van der Waals surface area contributed by atoms with E-state index in [-0.39, 0.29) is 12.2 Å². The van der Waals surface area contributed by atoms with Crippen LogP contribution in [0.25, 0.3) is 0 Å². The third kappa shape index (κ3) is 6.94. The number of allylic oxidation sites excluding steroid dienone is 1. The predicted molar refractivity (Wildman–Crippen MR) is 80.8 cm³/mol. The van der Waals surface area contributed by atoms with Crippen molar-refractivity contribution in [3.63, 3.8) is 0 Å². The number of rotatable bonds is 5. The van der Waals surface area contributed by atoms with Crippen molar-refractivity contribution in [1.29, 1.82) is 0 Å². The molecule has 1 amide bonds. The van der Waals surface area contributed by atoms with E-state index in [9.17, 15) is 4.79 Å². The first kappa shape index (κ1) is 17.0. The number of hydrogen-bond donors (Lipinski definition) is 0. The quantitative estimate of drug-likeness (QED) is 0.721. The lowest BCUT2D eigenvalue weighted by Gasteiger charge is -2.33. The number of nitrogens with zero attached hydrogens (tertiary/aromatic N) is 1. The average Bonchev–Trinajstić information content (AvgIpc) is 2.37. The van der Waals surface area contributed by atoms with E-state index in [2.05, 4.69) is 19.1 Å². The molecule has 20 heavy (non-hydrogen) atoms. The molecule has 0 aliphatic carbocycles. The number of ether oxygens (including phenoxy) is 2. The highest BCUT2D eigenvalue weighted by atomic mass is 16.6. The molecular formula is C16H29NO3. The van der Waals surface area contributed by atoms with Crippen LogP contribution in [0.15, 0.2) is 12.2 Å². The molecule has 1 aliphatic rings. The Balaban J connectivity index is 2.21. The van der Waals surface area contributed by atoms with E-state index in [0.717, 1.165) is 32.4 Å². The zero-order valence-electron chi connectivity index (χ0n) is 13.4. The molecule has 0 unspecified atom stereocenters. The molecule has 0 atom stereocenters. The van der Waals surface area contributed by atoms with Gasteiger partial charge >= 0.3 is 6.09 Å². The van der Waals surface area contributed by atoms with Gasteiger partial charge in [0.15, 0.2) is 0 Å². The summed E-state index contributed by atoms with van der Waals surface area (Å²) < 4.78 is 11.2. The van der Waals surface area contributed by atoms with Gasteiger partial charge < -0.3 is 14.4 Å². The van der Waals surface area contributed by atoms with Gasteiger partial charge in [0.25, 0.3) is 0 Å². The average molecular weight is 283 g/mol. The third-order valence-corrected chi connectivity index (χ3v) is 3.14. The lowest BCUT2D eigenvalue weighted by atomic mass is 10.1. The van der Waals surface area contributed by atoms with Gasteiger partial charge in [-0.3, -0.25) is 0 Å². The van der Waals surface area contributed by atoms with Crippen molar-refractivity contribution in [2.24, 2.45) is 0 Å². The maximum absolute atomic E-state index is 11.9. The topological polar surface area (TPSA) is 38.8 Å². The van der Waals surface area contributed by atoms with Gasteiger partial charge in [0.05, 0.1) is 12.7 Å². The van der Waals surface area contributed by atoms with Gasteiger partial charge in [0.2, 0.25) is 0 Å². The molecule has 0 aromatic heterocycles. The van der Waals surface area contributed by atoms with E-state index in [0.29, 0.717) is 6.61 Å². The highest BCUT2D eigenvalue weighted by molar-refractivity contribution is 5.68. The Bertz CT molecular complexity index is 312. The predicted octanol–water partition coefficient (Wildman–Crippen LogP) is 3.76. The Hall–Kier alpha value is -1.03. The molecule has 4 nitrogen and oxygen atoms in total. The van der Waals surface area contributed by atoms with Crippen molar-refractivity contribution in [2.45, 2.75) is 65.1 Å². The summed E-state index contributed by atoms with van der Waals surface area (Å²) in [5.74, 6) is 0. The molecule has 1 saturated heterocycles. The van der Waals surface area contributed by atoms with E-state index in [1.165, 1.54) is 6.42 Å². The van der Waals surface area contributed by atoms with Crippen LogP contribution in [0.1, 0.15) is 53.4 Å². The highest BCUT2D eigenvalue weighted by Crippen LogP contribution is 2.17. The summed E-state index contributed by atoms with van der Waals surface area (Å²) in [6, 6.07) is 0. The number of piperidine rings is 1. The van der Waals surface area contributed by atoms with E-state index in [4.69, 9.17) is 9.47 Å². The fourth-order valence-electron chi connectivity index (χ4n) is 2.08. The largest absolute Gasteiger partial charge is 0.444 e. The summed E-state index contributed by atoms with van der Waals surface area (Å²) in [7, 11) is 0. The number of unbranched alkanes of at least 4 members (excludes halogenated alkanes) is 1. The molecule has 0 saturated carbocycles. The lowest BCUT2D eigenvalue weighted by Crippen LogP contribution is -2.43. The van der Waals surface area contributed by atoms with Gasteiger partial charge in [-0.2, -0.15) is 0 Å². The van der Waals surface area contributed by atoms with Crippen LogP contribution in [-0.4, -0.2) is 42.4 Å². The van der Waals surface area contributed by atoms with Crippen LogP contribution >= 0.6 is 0 Å². The number of hydrogen-bond acceptors (Lipinski definition) is 3. The smallest absolute Gasteiger partial charge is 0.410 e. The van der Waals surface area contributed by atoms with Crippen molar-refractivity contribution in [3.05, 3.63) is 12.2 Å². The molecule has 0 spiro atoms. The van der Waals surface area contributed by atoms with Gasteiger partial charge in [-0.1, -0.05) is 25.5 Å². The van der Waals surface area contributed by atoms with Crippen LogP contribution < -0.4 is 0 Å². The summed E-state index contributed by atoms with van der Waals surface area (Å²) in [6.45, 7) is 9.96. The molecule has 1 aliphatic heterocycles. The molecule has 0 N–H and O–H groups in total. The summed E-state index contributed by atoms with van der Waals surface area (Å²) >= 11 is 0. The second kappa shape index (κ2) is 8.30. The zero-order valence-corrected chi connectivity index (χ0v) is 13.4. The standard InChI is InChI=1S/C16H29NO3/c1-5-6-7-8-13-19-14-9-11-17(12-10-14)15(18)20-16(2,3)4/h7-8,14H,5-6,9-13H2,1-4H3/b8-7+. The monoisotopic (exact) mass is 283 g/mol. The van der Waals surface area contributed by atoms with Crippen LogP contribution in [0.2, 0.25) is 0 Å². The fourth-order valence-corrected chi connectivity index (χ4v) is 2.08. The fraction of sp³-hybridized carbons (Fsp3) is 0.812. The number of carbonyl (C=O) groups is 1. The minimum absolute atomic E-state index is 0.209. The Morgan fingerprint density at radius 2 is 1.90 bits per heavy atom. The van der Waals surface area contributed by atoms with Crippen molar-refractivity contribution in [3.8, 4) is 0 Å². The first-order valence-electron chi connectivity index (χ1n) is 7.67. The summed E-state index contributed by atoms with van der Waals surface area (Å²) in [5, 5.41) is 0. The minimum atomic E-state index is -0.422. The molecule has 0 aromatic rings. The van der Waals surface area contributed by atoms with Gasteiger partial charge in [-0.15, -0.1) is 0 Å². The maximum Gasteiger partial charge on any atom is 0.410 e. The molecule has 116 valence electrons. The first-order valence-corrected chi connectivity index (χ1v) is 7.67. The first-order chi connectivity index (χ1) is 9.42. The lowest BCUT2D eigenvalue weighted by molar-refractivity contribution is -0.00473. The summed E-state index contributed by atoms with van der Waals surface area (Å²) in [4.78, 5) is 13.7. The zero-order chi connectivity index (χ0) is 15.0. The van der Waals surface area contributed by atoms with Crippen LogP contribution in [0, 0.1) is 0 Å². The number of carbonyl (C=O) groups excluding carboxylic acids is 1. The van der Waals surface area contributed by atoms with Crippen LogP contribution in [-0.2, 0) is 9.47 Å². The summed E-state index contributed by atoms with van der Waals surface area (Å²) in [5.41, 5.74) is -0.422. The Morgan fingerprint density at radius 1 is 1.25 bits per heavy atom. The molecule has 1 rings (SSSR count). The van der Waals surface area contributed by atoms with Gasteiger partial charge in [-0.25, -0.2) is 4.79 Å². The van der Waals surface area contributed by atoms with Gasteiger partial charge in [-0.05, 0) is 40.0 Å².